The number of benzene rings is 1. The fourth-order valence-electron chi connectivity index (χ4n) is 2.72. The van der Waals surface area contributed by atoms with Crippen molar-refractivity contribution in [2.24, 2.45) is 0 Å². The molecule has 1 saturated heterocycles. The van der Waals surface area contributed by atoms with Gasteiger partial charge in [0.05, 0.1) is 0 Å². The van der Waals surface area contributed by atoms with Crippen LogP contribution >= 0.6 is 0 Å². The van der Waals surface area contributed by atoms with E-state index in [9.17, 15) is 4.39 Å². The minimum Gasteiger partial charge on any atom is -0.310 e. The number of halogens is 1. The minimum absolute atomic E-state index is 0.166. The lowest BCUT2D eigenvalue weighted by Gasteiger charge is -2.40. The van der Waals surface area contributed by atoms with E-state index in [0.29, 0.717) is 18.1 Å². The van der Waals surface area contributed by atoms with Crippen LogP contribution in [0.3, 0.4) is 0 Å². The topological polar surface area (TPSA) is 15.3 Å². The van der Waals surface area contributed by atoms with Crippen LogP contribution in [0.2, 0.25) is 0 Å². The molecule has 0 saturated carbocycles. The van der Waals surface area contributed by atoms with Gasteiger partial charge in [0.25, 0.3) is 0 Å². The van der Waals surface area contributed by atoms with Crippen LogP contribution in [-0.2, 0) is 6.54 Å². The molecule has 18 heavy (non-hydrogen) atoms. The number of nitrogens with one attached hydrogen (secondary N) is 1. The summed E-state index contributed by atoms with van der Waals surface area (Å²) in [6.07, 6.45) is 2.37. The third-order valence-electron chi connectivity index (χ3n) is 4.15. The Kier molecular flexibility index (Phi) is 4.36. The van der Waals surface area contributed by atoms with E-state index in [-0.39, 0.29) is 5.82 Å². The first kappa shape index (κ1) is 13.5. The van der Waals surface area contributed by atoms with Gasteiger partial charge in [-0.1, -0.05) is 12.1 Å². The second-order valence-corrected chi connectivity index (χ2v) is 5.54. The van der Waals surface area contributed by atoms with E-state index >= 15 is 0 Å². The Balaban J connectivity index is 1.85. The van der Waals surface area contributed by atoms with Crippen molar-refractivity contribution in [2.45, 2.75) is 51.4 Å². The second-order valence-electron chi connectivity index (χ2n) is 5.54. The Bertz CT molecular complexity index is 365. The average molecular weight is 250 g/mol. The van der Waals surface area contributed by atoms with E-state index in [1.807, 2.05) is 12.1 Å². The summed E-state index contributed by atoms with van der Waals surface area (Å²) < 4.78 is 12.8. The van der Waals surface area contributed by atoms with E-state index in [1.165, 1.54) is 25.0 Å². The van der Waals surface area contributed by atoms with Gasteiger partial charge in [-0.3, -0.25) is 0 Å². The Morgan fingerprint density at radius 1 is 1.17 bits per heavy atom. The molecular formula is C15H23FN2. The first-order valence-corrected chi connectivity index (χ1v) is 6.76. The zero-order valence-electron chi connectivity index (χ0n) is 11.5. The van der Waals surface area contributed by atoms with Gasteiger partial charge in [0.1, 0.15) is 5.82 Å². The van der Waals surface area contributed by atoms with Crippen molar-refractivity contribution in [2.75, 3.05) is 7.05 Å². The van der Waals surface area contributed by atoms with Crippen molar-refractivity contribution in [1.82, 2.24) is 10.2 Å². The number of hydrogen-bond donors (Lipinski definition) is 1. The van der Waals surface area contributed by atoms with Crippen LogP contribution in [0.5, 0.6) is 0 Å². The molecule has 0 bridgehead atoms. The largest absolute Gasteiger partial charge is 0.310 e. The van der Waals surface area contributed by atoms with Gasteiger partial charge in [-0.15, -0.1) is 0 Å². The van der Waals surface area contributed by atoms with Gasteiger partial charge in [-0.2, -0.15) is 0 Å². The molecule has 2 rings (SSSR count). The predicted octanol–water partition coefficient (Wildman–Crippen LogP) is 2.79. The Morgan fingerprint density at radius 2 is 1.72 bits per heavy atom. The molecule has 0 radical (unpaired) electrons. The lowest BCUT2D eigenvalue weighted by molar-refractivity contribution is 0.112. The molecule has 1 heterocycles. The lowest BCUT2D eigenvalue weighted by Crippen LogP contribution is -2.49. The highest BCUT2D eigenvalue weighted by atomic mass is 19.1. The smallest absolute Gasteiger partial charge is 0.123 e. The molecule has 0 amide bonds. The highest BCUT2D eigenvalue weighted by Crippen LogP contribution is 2.21. The molecule has 0 spiro atoms. The quantitative estimate of drug-likeness (QED) is 0.887. The Morgan fingerprint density at radius 3 is 2.28 bits per heavy atom. The molecule has 2 atom stereocenters. The van der Waals surface area contributed by atoms with Gasteiger partial charge < -0.3 is 10.2 Å². The van der Waals surface area contributed by atoms with Crippen LogP contribution < -0.4 is 5.32 Å². The summed E-state index contributed by atoms with van der Waals surface area (Å²) >= 11 is 0. The molecule has 1 N–H and O–H groups in total. The first-order chi connectivity index (χ1) is 8.56. The molecule has 1 fully saturated rings. The van der Waals surface area contributed by atoms with Gasteiger partial charge in [-0.25, -0.2) is 4.39 Å². The molecule has 100 valence electrons. The zero-order chi connectivity index (χ0) is 13.1. The molecule has 1 aliphatic rings. The van der Waals surface area contributed by atoms with Crippen molar-refractivity contribution in [3.8, 4) is 0 Å². The molecule has 0 aliphatic carbocycles. The third-order valence-corrected chi connectivity index (χ3v) is 4.15. The van der Waals surface area contributed by atoms with E-state index in [4.69, 9.17) is 0 Å². The van der Waals surface area contributed by atoms with E-state index in [1.54, 1.807) is 0 Å². The summed E-state index contributed by atoms with van der Waals surface area (Å²) in [7, 11) is 2.20. The highest BCUT2D eigenvalue weighted by molar-refractivity contribution is 5.15. The molecule has 1 aliphatic heterocycles. The molecule has 2 unspecified atom stereocenters. The van der Waals surface area contributed by atoms with Crippen molar-refractivity contribution < 1.29 is 4.39 Å². The van der Waals surface area contributed by atoms with Crippen LogP contribution in [0.15, 0.2) is 24.3 Å². The molecule has 1 aromatic carbocycles. The lowest BCUT2D eigenvalue weighted by atomic mass is 9.93. The zero-order valence-corrected chi connectivity index (χ0v) is 11.5. The summed E-state index contributed by atoms with van der Waals surface area (Å²) in [5, 5.41) is 3.59. The van der Waals surface area contributed by atoms with Crippen molar-refractivity contribution >= 4 is 0 Å². The van der Waals surface area contributed by atoms with E-state index < -0.39 is 0 Å². The summed E-state index contributed by atoms with van der Waals surface area (Å²) in [5.74, 6) is -0.166. The summed E-state index contributed by atoms with van der Waals surface area (Å²) in [5.41, 5.74) is 1.15. The van der Waals surface area contributed by atoms with Crippen molar-refractivity contribution in [1.29, 1.82) is 0 Å². The highest BCUT2D eigenvalue weighted by Gasteiger charge is 2.27. The van der Waals surface area contributed by atoms with Gasteiger partial charge in [0.15, 0.2) is 0 Å². The third kappa shape index (κ3) is 3.30. The molecule has 2 nitrogen and oxygen atoms in total. The van der Waals surface area contributed by atoms with Crippen LogP contribution in [-0.4, -0.2) is 30.1 Å². The number of hydrogen-bond acceptors (Lipinski definition) is 2. The fourth-order valence-corrected chi connectivity index (χ4v) is 2.72. The fraction of sp³-hybridized carbons (Fsp3) is 0.600. The van der Waals surface area contributed by atoms with Crippen LogP contribution in [0, 0.1) is 5.82 Å². The normalized spacial score (nSPS) is 29.4. The Hall–Kier alpha value is -0.930. The summed E-state index contributed by atoms with van der Waals surface area (Å²) in [6, 6.07) is 8.57. The maximum absolute atomic E-state index is 12.8. The van der Waals surface area contributed by atoms with Crippen LogP contribution in [0.25, 0.3) is 0 Å². The SMILES string of the molecule is CC1CC(NCc2ccc(F)cc2)CC(C)N1C. The van der Waals surface area contributed by atoms with Crippen LogP contribution in [0.1, 0.15) is 32.3 Å². The minimum atomic E-state index is -0.166. The maximum atomic E-state index is 12.8. The number of nitrogens with zero attached hydrogens (tertiary/aromatic N) is 1. The Labute approximate surface area is 109 Å². The van der Waals surface area contributed by atoms with Gasteiger partial charge in [0.2, 0.25) is 0 Å². The molecular weight excluding hydrogens is 227 g/mol. The number of rotatable bonds is 3. The van der Waals surface area contributed by atoms with Crippen molar-refractivity contribution in [3.05, 3.63) is 35.6 Å². The molecule has 3 heteroatoms. The maximum Gasteiger partial charge on any atom is 0.123 e. The van der Waals surface area contributed by atoms with Crippen LogP contribution in [0.4, 0.5) is 4.39 Å². The molecule has 1 aromatic rings. The van der Waals surface area contributed by atoms with Crippen molar-refractivity contribution in [3.63, 3.8) is 0 Å². The summed E-state index contributed by atoms with van der Waals surface area (Å²) in [4.78, 5) is 2.44. The van der Waals surface area contributed by atoms with Gasteiger partial charge in [-0.05, 0) is 51.4 Å². The van der Waals surface area contributed by atoms with Gasteiger partial charge in [0, 0.05) is 24.7 Å². The standard InChI is InChI=1S/C15H23FN2/c1-11-8-15(9-12(2)18(11)3)17-10-13-4-6-14(16)7-5-13/h4-7,11-12,15,17H,8-10H2,1-3H3. The molecule has 0 aromatic heterocycles. The number of likely N-dealkylation sites (tertiary alicyclic amines) is 1. The van der Waals surface area contributed by atoms with E-state index in [0.717, 1.165) is 12.1 Å². The first-order valence-electron chi connectivity index (χ1n) is 6.76. The summed E-state index contributed by atoms with van der Waals surface area (Å²) in [6.45, 7) is 5.39. The monoisotopic (exact) mass is 250 g/mol. The van der Waals surface area contributed by atoms with E-state index in [2.05, 4.69) is 31.1 Å². The number of piperidine rings is 1. The van der Waals surface area contributed by atoms with Gasteiger partial charge >= 0.3 is 0 Å². The predicted molar refractivity (Wildman–Crippen MR) is 72.9 cm³/mol. The average Bonchev–Trinajstić information content (AvgIpc) is 2.35. The second kappa shape index (κ2) is 5.81.